The minimum Gasteiger partial charge on any atom is -0.377 e. The van der Waals surface area contributed by atoms with Crippen molar-refractivity contribution in [3.8, 4) is 0 Å². The van der Waals surface area contributed by atoms with Crippen LogP contribution in [0.3, 0.4) is 0 Å². The molecule has 0 aromatic carbocycles. The van der Waals surface area contributed by atoms with Gasteiger partial charge in [0.25, 0.3) is 0 Å². The van der Waals surface area contributed by atoms with Crippen LogP contribution in [-0.2, 0) is 11.2 Å². The predicted octanol–water partition coefficient (Wildman–Crippen LogP) is 3.44. The molecule has 2 unspecified atom stereocenters. The lowest BCUT2D eigenvalue weighted by molar-refractivity contribution is 0.00337. The first-order chi connectivity index (χ1) is 9.99. The van der Waals surface area contributed by atoms with E-state index in [1.54, 1.807) is 0 Å². The molecule has 0 fully saturated rings. The highest BCUT2D eigenvalue weighted by Gasteiger charge is 2.25. The van der Waals surface area contributed by atoms with Crippen LogP contribution in [0, 0.1) is 5.92 Å². The van der Waals surface area contributed by atoms with Crippen molar-refractivity contribution in [2.45, 2.75) is 72.6 Å². The quantitative estimate of drug-likeness (QED) is 0.718. The molecule has 21 heavy (non-hydrogen) atoms. The number of rotatable bonds is 10. The van der Waals surface area contributed by atoms with Crippen LogP contribution in [0.25, 0.3) is 0 Å². The summed E-state index contributed by atoms with van der Waals surface area (Å²) >= 11 is 0. The number of nitrogens with one attached hydrogen (secondary N) is 1. The standard InChI is InChI=1S/C17H33N3O/c1-7-10-18-16(17(13(3)4)21-8-2)12-15-9-11-20(19-15)14(5)6/h9,11,13-14,16-18H,7-8,10,12H2,1-6H3. The molecular weight excluding hydrogens is 262 g/mol. The summed E-state index contributed by atoms with van der Waals surface area (Å²) in [7, 11) is 0. The van der Waals surface area contributed by atoms with Crippen LogP contribution < -0.4 is 5.32 Å². The van der Waals surface area contributed by atoms with Crippen LogP contribution >= 0.6 is 0 Å². The van der Waals surface area contributed by atoms with Crippen molar-refractivity contribution in [3.63, 3.8) is 0 Å². The van der Waals surface area contributed by atoms with Crippen molar-refractivity contribution >= 4 is 0 Å². The Morgan fingerprint density at radius 1 is 1.24 bits per heavy atom. The Balaban J connectivity index is 2.79. The molecule has 1 heterocycles. The molecule has 1 aromatic heterocycles. The molecule has 2 atom stereocenters. The Labute approximate surface area is 130 Å². The van der Waals surface area contributed by atoms with Crippen molar-refractivity contribution in [3.05, 3.63) is 18.0 Å². The van der Waals surface area contributed by atoms with Gasteiger partial charge in [-0.3, -0.25) is 4.68 Å². The summed E-state index contributed by atoms with van der Waals surface area (Å²) in [6, 6.07) is 2.86. The molecule has 0 saturated carbocycles. The summed E-state index contributed by atoms with van der Waals surface area (Å²) in [5, 5.41) is 8.33. The molecule has 122 valence electrons. The third kappa shape index (κ3) is 5.79. The second kappa shape index (κ2) is 9.21. The number of nitrogens with zero attached hydrogens (tertiary/aromatic N) is 2. The van der Waals surface area contributed by atoms with Gasteiger partial charge in [-0.2, -0.15) is 5.10 Å². The maximum absolute atomic E-state index is 5.99. The van der Waals surface area contributed by atoms with Crippen LogP contribution in [0.1, 0.15) is 59.7 Å². The third-order valence-corrected chi connectivity index (χ3v) is 3.69. The molecular formula is C17H33N3O. The van der Waals surface area contributed by atoms with Crippen LogP contribution in [-0.4, -0.2) is 35.1 Å². The van der Waals surface area contributed by atoms with E-state index in [2.05, 4.69) is 64.2 Å². The second-order valence-electron chi connectivity index (χ2n) is 6.31. The van der Waals surface area contributed by atoms with Gasteiger partial charge in [0.05, 0.1) is 11.8 Å². The van der Waals surface area contributed by atoms with Crippen molar-refractivity contribution in [2.24, 2.45) is 5.92 Å². The van der Waals surface area contributed by atoms with Crippen molar-refractivity contribution < 1.29 is 4.74 Å². The first kappa shape index (κ1) is 18.2. The van der Waals surface area contributed by atoms with E-state index in [9.17, 15) is 0 Å². The summed E-state index contributed by atoms with van der Waals surface area (Å²) in [5.74, 6) is 0.492. The monoisotopic (exact) mass is 295 g/mol. The fraction of sp³-hybridized carbons (Fsp3) is 0.824. The minimum atomic E-state index is 0.228. The van der Waals surface area contributed by atoms with Gasteiger partial charge in [-0.1, -0.05) is 20.8 Å². The Bertz CT molecular complexity index is 387. The lowest BCUT2D eigenvalue weighted by Gasteiger charge is -2.30. The molecule has 4 heteroatoms. The van der Waals surface area contributed by atoms with Gasteiger partial charge in [-0.05, 0) is 45.7 Å². The topological polar surface area (TPSA) is 39.1 Å². The average molecular weight is 295 g/mol. The third-order valence-electron chi connectivity index (χ3n) is 3.69. The van der Waals surface area contributed by atoms with Gasteiger partial charge >= 0.3 is 0 Å². The van der Waals surface area contributed by atoms with Gasteiger partial charge in [0.2, 0.25) is 0 Å². The zero-order chi connectivity index (χ0) is 15.8. The molecule has 1 rings (SSSR count). The summed E-state index contributed by atoms with van der Waals surface area (Å²) in [6.45, 7) is 14.8. The molecule has 1 N–H and O–H groups in total. The van der Waals surface area contributed by atoms with Crippen LogP contribution in [0.5, 0.6) is 0 Å². The van der Waals surface area contributed by atoms with Gasteiger partial charge in [0.1, 0.15) is 0 Å². The highest BCUT2D eigenvalue weighted by Crippen LogP contribution is 2.16. The van der Waals surface area contributed by atoms with E-state index in [-0.39, 0.29) is 6.10 Å². The fourth-order valence-electron chi connectivity index (χ4n) is 2.60. The van der Waals surface area contributed by atoms with Gasteiger partial charge in [-0.25, -0.2) is 0 Å². The van der Waals surface area contributed by atoms with Crippen LogP contribution in [0.4, 0.5) is 0 Å². The molecule has 1 aromatic rings. The lowest BCUT2D eigenvalue weighted by atomic mass is 9.95. The number of ether oxygens (including phenoxy) is 1. The molecule has 0 amide bonds. The first-order valence-corrected chi connectivity index (χ1v) is 8.38. The Morgan fingerprint density at radius 2 is 1.95 bits per heavy atom. The van der Waals surface area contributed by atoms with Crippen LogP contribution in [0.2, 0.25) is 0 Å². The van der Waals surface area contributed by atoms with E-state index in [1.165, 1.54) is 0 Å². The normalized spacial score (nSPS) is 14.9. The summed E-state index contributed by atoms with van der Waals surface area (Å²) in [6.07, 6.45) is 4.35. The van der Waals surface area contributed by atoms with Gasteiger partial charge in [0.15, 0.2) is 0 Å². The lowest BCUT2D eigenvalue weighted by Crippen LogP contribution is -2.46. The van der Waals surface area contributed by atoms with Gasteiger partial charge in [0, 0.05) is 31.3 Å². The highest BCUT2D eigenvalue weighted by molar-refractivity contribution is 5.03. The van der Waals surface area contributed by atoms with Crippen LogP contribution in [0.15, 0.2) is 12.3 Å². The molecule has 0 aliphatic rings. The zero-order valence-electron chi connectivity index (χ0n) is 14.6. The molecule has 0 bridgehead atoms. The molecule has 0 saturated heterocycles. The molecule has 4 nitrogen and oxygen atoms in total. The summed E-state index contributed by atoms with van der Waals surface area (Å²) < 4.78 is 8.02. The Hall–Kier alpha value is -0.870. The van der Waals surface area contributed by atoms with Crippen molar-refractivity contribution in [1.29, 1.82) is 0 Å². The number of hydrogen-bond donors (Lipinski definition) is 1. The summed E-state index contributed by atoms with van der Waals surface area (Å²) in [4.78, 5) is 0. The average Bonchev–Trinajstić information content (AvgIpc) is 2.89. The van der Waals surface area contributed by atoms with Crippen molar-refractivity contribution in [1.82, 2.24) is 15.1 Å². The van der Waals surface area contributed by atoms with Crippen molar-refractivity contribution in [2.75, 3.05) is 13.2 Å². The molecule has 0 spiro atoms. The largest absolute Gasteiger partial charge is 0.377 e. The van der Waals surface area contributed by atoms with E-state index in [0.29, 0.717) is 18.0 Å². The summed E-state index contributed by atoms with van der Waals surface area (Å²) in [5.41, 5.74) is 1.14. The number of hydrogen-bond acceptors (Lipinski definition) is 3. The highest BCUT2D eigenvalue weighted by atomic mass is 16.5. The molecule has 0 aliphatic carbocycles. The molecule has 0 aliphatic heterocycles. The van der Waals surface area contributed by atoms with Gasteiger partial charge < -0.3 is 10.1 Å². The first-order valence-electron chi connectivity index (χ1n) is 8.38. The molecule has 0 radical (unpaired) electrons. The van der Waals surface area contributed by atoms with Gasteiger partial charge in [-0.15, -0.1) is 0 Å². The van der Waals surface area contributed by atoms with E-state index >= 15 is 0 Å². The smallest absolute Gasteiger partial charge is 0.0754 e. The number of aromatic nitrogens is 2. The van der Waals surface area contributed by atoms with E-state index in [1.807, 2.05) is 4.68 Å². The van der Waals surface area contributed by atoms with E-state index in [4.69, 9.17) is 4.74 Å². The second-order valence-corrected chi connectivity index (χ2v) is 6.31. The fourth-order valence-corrected chi connectivity index (χ4v) is 2.60. The zero-order valence-corrected chi connectivity index (χ0v) is 14.6. The Morgan fingerprint density at radius 3 is 2.43 bits per heavy atom. The van der Waals surface area contributed by atoms with E-state index < -0.39 is 0 Å². The SMILES string of the molecule is CCCNC(Cc1ccn(C(C)C)n1)C(OCC)C(C)C. The predicted molar refractivity (Wildman–Crippen MR) is 88.6 cm³/mol. The maximum Gasteiger partial charge on any atom is 0.0754 e. The maximum atomic E-state index is 5.99. The Kier molecular flexibility index (Phi) is 7.97. The minimum absolute atomic E-state index is 0.228. The van der Waals surface area contributed by atoms with E-state index in [0.717, 1.165) is 31.7 Å².